The van der Waals surface area contributed by atoms with E-state index in [0.29, 0.717) is 12.7 Å². The first-order valence-corrected chi connectivity index (χ1v) is 7.29. The van der Waals surface area contributed by atoms with Crippen LogP contribution in [0.2, 0.25) is 0 Å². The molecular formula is C15H30O3. The molecule has 3 heteroatoms. The number of ether oxygens (including phenoxy) is 2. The summed E-state index contributed by atoms with van der Waals surface area (Å²) in [7, 11) is 0. The van der Waals surface area contributed by atoms with Crippen molar-refractivity contribution in [2.75, 3.05) is 6.61 Å². The van der Waals surface area contributed by atoms with E-state index in [-0.39, 0.29) is 18.0 Å². The van der Waals surface area contributed by atoms with E-state index < -0.39 is 0 Å². The zero-order valence-corrected chi connectivity index (χ0v) is 12.7. The number of hydrogen-bond acceptors (Lipinski definition) is 3. The molecule has 18 heavy (non-hydrogen) atoms. The van der Waals surface area contributed by atoms with E-state index in [1.807, 2.05) is 20.8 Å². The summed E-state index contributed by atoms with van der Waals surface area (Å²) < 4.78 is 10.9. The molecular weight excluding hydrogens is 228 g/mol. The smallest absolute Gasteiger partial charge is 0.308 e. The molecule has 0 aromatic heterocycles. The molecule has 0 fully saturated rings. The van der Waals surface area contributed by atoms with Gasteiger partial charge in [-0.3, -0.25) is 4.79 Å². The first-order valence-electron chi connectivity index (χ1n) is 7.29. The van der Waals surface area contributed by atoms with Crippen molar-refractivity contribution in [3.05, 3.63) is 0 Å². The molecule has 0 saturated carbocycles. The van der Waals surface area contributed by atoms with Gasteiger partial charge in [-0.15, -0.1) is 0 Å². The van der Waals surface area contributed by atoms with Crippen LogP contribution < -0.4 is 0 Å². The topological polar surface area (TPSA) is 35.5 Å². The molecule has 2 atom stereocenters. The Balaban J connectivity index is 3.60. The second kappa shape index (κ2) is 10.4. The molecule has 1 unspecified atom stereocenters. The van der Waals surface area contributed by atoms with Crippen molar-refractivity contribution in [2.45, 2.75) is 78.9 Å². The Hall–Kier alpha value is -0.570. The minimum absolute atomic E-state index is 0.0335. The van der Waals surface area contributed by atoms with Crippen molar-refractivity contribution >= 4 is 5.97 Å². The summed E-state index contributed by atoms with van der Waals surface area (Å²) in [6.45, 7) is 10.6. The summed E-state index contributed by atoms with van der Waals surface area (Å²) in [5, 5.41) is 0. The molecule has 3 nitrogen and oxygen atoms in total. The van der Waals surface area contributed by atoms with Gasteiger partial charge in [0, 0.05) is 6.61 Å². The van der Waals surface area contributed by atoms with Crippen molar-refractivity contribution in [3.63, 3.8) is 0 Å². The number of esters is 1. The molecule has 0 aromatic rings. The fourth-order valence-electron chi connectivity index (χ4n) is 1.68. The zero-order chi connectivity index (χ0) is 14.0. The molecule has 0 heterocycles. The second-order valence-electron chi connectivity index (χ2n) is 5.35. The maximum Gasteiger partial charge on any atom is 0.308 e. The maximum atomic E-state index is 11.6. The van der Waals surface area contributed by atoms with Crippen LogP contribution in [0.25, 0.3) is 0 Å². The summed E-state index contributed by atoms with van der Waals surface area (Å²) >= 11 is 0. The van der Waals surface area contributed by atoms with Gasteiger partial charge in [-0.2, -0.15) is 0 Å². The third-order valence-corrected chi connectivity index (χ3v) is 2.92. The Bertz CT molecular complexity index is 214. The molecule has 0 aliphatic rings. The third-order valence-electron chi connectivity index (χ3n) is 2.92. The molecule has 0 radical (unpaired) electrons. The first kappa shape index (κ1) is 17.4. The Kier molecular flexibility index (Phi) is 10.0. The summed E-state index contributed by atoms with van der Waals surface area (Å²) in [4.78, 5) is 11.6. The first-order chi connectivity index (χ1) is 8.47. The van der Waals surface area contributed by atoms with Crippen LogP contribution in [0.1, 0.15) is 66.7 Å². The lowest BCUT2D eigenvalue weighted by molar-refractivity contribution is -0.152. The molecule has 0 aliphatic heterocycles. The lowest BCUT2D eigenvalue weighted by Crippen LogP contribution is -2.21. The van der Waals surface area contributed by atoms with Gasteiger partial charge in [-0.05, 0) is 33.6 Å². The predicted molar refractivity (Wildman–Crippen MR) is 74.6 cm³/mol. The number of unbranched alkanes of at least 4 members (excludes halogenated alkanes) is 2. The highest BCUT2D eigenvalue weighted by atomic mass is 16.5. The number of hydrogen-bond donors (Lipinski definition) is 0. The zero-order valence-electron chi connectivity index (χ0n) is 12.7. The Labute approximate surface area is 112 Å². The van der Waals surface area contributed by atoms with Crippen molar-refractivity contribution < 1.29 is 14.3 Å². The van der Waals surface area contributed by atoms with Crippen LogP contribution in [0.5, 0.6) is 0 Å². The van der Waals surface area contributed by atoms with Gasteiger partial charge < -0.3 is 9.47 Å². The van der Waals surface area contributed by atoms with Crippen molar-refractivity contribution in [2.24, 2.45) is 5.92 Å². The number of rotatable bonds is 10. The number of carbonyl (C=O) groups is 1. The standard InChI is InChI=1S/C15H30O3/c1-6-7-8-9-14(5)17-11-10-13(4)15(16)18-12(2)3/h12-14H,6-11H2,1-5H3/t13-,14?/m0/s1. The van der Waals surface area contributed by atoms with Gasteiger partial charge in [0.25, 0.3) is 0 Å². The van der Waals surface area contributed by atoms with Crippen LogP contribution >= 0.6 is 0 Å². The molecule has 0 rings (SSSR count). The van der Waals surface area contributed by atoms with Crippen LogP contribution in [0.4, 0.5) is 0 Å². The van der Waals surface area contributed by atoms with E-state index in [0.717, 1.165) is 12.8 Å². The van der Waals surface area contributed by atoms with Gasteiger partial charge in [0.2, 0.25) is 0 Å². The van der Waals surface area contributed by atoms with Crippen LogP contribution in [0.3, 0.4) is 0 Å². The molecule has 0 saturated heterocycles. The van der Waals surface area contributed by atoms with E-state index in [1.54, 1.807) is 0 Å². The Morgan fingerprint density at radius 3 is 2.28 bits per heavy atom. The van der Waals surface area contributed by atoms with Crippen molar-refractivity contribution in [3.8, 4) is 0 Å². The largest absolute Gasteiger partial charge is 0.463 e. The predicted octanol–water partition coefficient (Wildman–Crippen LogP) is 3.95. The van der Waals surface area contributed by atoms with E-state index in [4.69, 9.17) is 9.47 Å². The molecule has 0 aliphatic carbocycles. The van der Waals surface area contributed by atoms with Gasteiger partial charge in [-0.1, -0.05) is 33.1 Å². The maximum absolute atomic E-state index is 11.6. The quantitative estimate of drug-likeness (QED) is 0.439. The number of carbonyl (C=O) groups excluding carboxylic acids is 1. The van der Waals surface area contributed by atoms with E-state index in [1.165, 1.54) is 19.3 Å². The van der Waals surface area contributed by atoms with E-state index in [2.05, 4.69) is 13.8 Å². The second-order valence-corrected chi connectivity index (χ2v) is 5.35. The SMILES string of the molecule is CCCCCC(C)OCC[C@H](C)C(=O)OC(C)C. The van der Waals surface area contributed by atoms with E-state index in [9.17, 15) is 4.79 Å². The van der Waals surface area contributed by atoms with Gasteiger partial charge in [0.15, 0.2) is 0 Å². The average molecular weight is 258 g/mol. The highest BCUT2D eigenvalue weighted by Gasteiger charge is 2.15. The van der Waals surface area contributed by atoms with Gasteiger partial charge in [0.05, 0.1) is 18.1 Å². The summed E-state index contributed by atoms with van der Waals surface area (Å²) in [6, 6.07) is 0. The lowest BCUT2D eigenvalue weighted by Gasteiger charge is -2.16. The molecule has 0 spiro atoms. The average Bonchev–Trinajstić information content (AvgIpc) is 2.28. The fourth-order valence-corrected chi connectivity index (χ4v) is 1.68. The molecule has 108 valence electrons. The van der Waals surface area contributed by atoms with Crippen LogP contribution in [0, 0.1) is 5.92 Å². The lowest BCUT2D eigenvalue weighted by atomic mass is 10.1. The van der Waals surface area contributed by atoms with Crippen molar-refractivity contribution in [1.82, 2.24) is 0 Å². The van der Waals surface area contributed by atoms with Crippen LogP contribution in [-0.4, -0.2) is 24.8 Å². The minimum atomic E-state index is -0.118. The third kappa shape index (κ3) is 9.46. The van der Waals surface area contributed by atoms with Gasteiger partial charge in [-0.25, -0.2) is 0 Å². The minimum Gasteiger partial charge on any atom is -0.463 e. The fraction of sp³-hybridized carbons (Fsp3) is 0.933. The molecule has 0 amide bonds. The Morgan fingerprint density at radius 1 is 1.06 bits per heavy atom. The van der Waals surface area contributed by atoms with Gasteiger partial charge in [0.1, 0.15) is 0 Å². The van der Waals surface area contributed by atoms with Gasteiger partial charge >= 0.3 is 5.97 Å². The highest BCUT2D eigenvalue weighted by Crippen LogP contribution is 2.10. The highest BCUT2D eigenvalue weighted by molar-refractivity contribution is 5.72. The van der Waals surface area contributed by atoms with Crippen molar-refractivity contribution in [1.29, 1.82) is 0 Å². The molecule has 0 aromatic carbocycles. The summed E-state index contributed by atoms with van der Waals surface area (Å²) in [6.07, 6.45) is 5.85. The molecule has 0 N–H and O–H groups in total. The van der Waals surface area contributed by atoms with E-state index >= 15 is 0 Å². The van der Waals surface area contributed by atoms with Crippen LogP contribution in [-0.2, 0) is 14.3 Å². The normalized spacial score (nSPS) is 14.6. The Morgan fingerprint density at radius 2 is 1.72 bits per heavy atom. The monoisotopic (exact) mass is 258 g/mol. The molecule has 0 bridgehead atoms. The summed E-state index contributed by atoms with van der Waals surface area (Å²) in [5.74, 6) is -0.192. The van der Waals surface area contributed by atoms with Crippen LogP contribution in [0.15, 0.2) is 0 Å². The summed E-state index contributed by atoms with van der Waals surface area (Å²) in [5.41, 5.74) is 0.